The van der Waals surface area contributed by atoms with Crippen molar-refractivity contribution in [1.82, 2.24) is 9.80 Å². The summed E-state index contributed by atoms with van der Waals surface area (Å²) in [6.07, 6.45) is 7.23. The maximum absolute atomic E-state index is 2.80. The van der Waals surface area contributed by atoms with E-state index in [2.05, 4.69) is 16.7 Å². The van der Waals surface area contributed by atoms with Crippen LogP contribution in [0.4, 0.5) is 0 Å². The van der Waals surface area contributed by atoms with E-state index in [-0.39, 0.29) is 0 Å². The molecule has 0 N–H and O–H groups in total. The molecule has 0 aromatic carbocycles. The highest BCUT2D eigenvalue weighted by Gasteiger charge is 2.38. The number of hydrogen-bond acceptors (Lipinski definition) is 2. The minimum Gasteiger partial charge on any atom is -0.299 e. The van der Waals surface area contributed by atoms with Crippen molar-refractivity contribution in [2.45, 2.75) is 57.2 Å². The van der Waals surface area contributed by atoms with Gasteiger partial charge in [0.05, 0.1) is 0 Å². The Hall–Kier alpha value is -0.0800. The van der Waals surface area contributed by atoms with Crippen molar-refractivity contribution < 1.29 is 0 Å². The van der Waals surface area contributed by atoms with Gasteiger partial charge in [0, 0.05) is 24.7 Å². The molecule has 3 aliphatic rings. The van der Waals surface area contributed by atoms with Gasteiger partial charge in [-0.3, -0.25) is 9.80 Å². The van der Waals surface area contributed by atoms with Gasteiger partial charge in [0.15, 0.2) is 0 Å². The van der Waals surface area contributed by atoms with Crippen LogP contribution in [0.3, 0.4) is 0 Å². The fraction of sp³-hybridized carbons (Fsp3) is 1.00. The Balaban J connectivity index is 1.71. The number of rotatable bonds is 1. The zero-order valence-electron chi connectivity index (χ0n) is 9.28. The van der Waals surface area contributed by atoms with E-state index in [1.807, 2.05) is 0 Å². The van der Waals surface area contributed by atoms with Crippen molar-refractivity contribution in [2.24, 2.45) is 0 Å². The third kappa shape index (κ3) is 1.59. The maximum Gasteiger partial charge on any atom is 0.0223 e. The zero-order chi connectivity index (χ0) is 9.54. The molecule has 1 aliphatic carbocycles. The van der Waals surface area contributed by atoms with Crippen molar-refractivity contribution in [3.8, 4) is 0 Å². The number of fused-ring (bicyclic) bond motifs is 1. The van der Waals surface area contributed by atoms with Crippen molar-refractivity contribution >= 4 is 0 Å². The maximum atomic E-state index is 2.80. The van der Waals surface area contributed by atoms with Gasteiger partial charge in [-0.05, 0) is 52.1 Å². The number of hydrogen-bond donors (Lipinski definition) is 0. The average molecular weight is 194 g/mol. The van der Waals surface area contributed by atoms with Crippen LogP contribution >= 0.6 is 0 Å². The normalized spacial score (nSPS) is 40.9. The molecular weight excluding hydrogens is 172 g/mol. The molecule has 1 saturated carbocycles. The Kier molecular flexibility index (Phi) is 2.29. The van der Waals surface area contributed by atoms with Crippen LogP contribution in [0.5, 0.6) is 0 Å². The molecule has 0 amide bonds. The van der Waals surface area contributed by atoms with Gasteiger partial charge in [-0.15, -0.1) is 0 Å². The SMILES string of the molecule is CC1CCN2CCCC2CN1C1CC1. The molecule has 0 radical (unpaired) electrons. The largest absolute Gasteiger partial charge is 0.299 e. The van der Waals surface area contributed by atoms with E-state index in [9.17, 15) is 0 Å². The summed E-state index contributed by atoms with van der Waals surface area (Å²) in [5.74, 6) is 0. The molecule has 2 nitrogen and oxygen atoms in total. The molecule has 0 aromatic heterocycles. The second kappa shape index (κ2) is 3.49. The van der Waals surface area contributed by atoms with E-state index >= 15 is 0 Å². The van der Waals surface area contributed by atoms with Crippen LogP contribution in [0.15, 0.2) is 0 Å². The summed E-state index contributed by atoms with van der Waals surface area (Å²) in [7, 11) is 0. The molecule has 2 unspecified atom stereocenters. The smallest absolute Gasteiger partial charge is 0.0223 e. The Morgan fingerprint density at radius 2 is 1.79 bits per heavy atom. The summed E-state index contributed by atoms with van der Waals surface area (Å²) in [4.78, 5) is 5.54. The second-order valence-corrected chi connectivity index (χ2v) is 5.40. The highest BCUT2D eigenvalue weighted by atomic mass is 15.3. The van der Waals surface area contributed by atoms with E-state index < -0.39 is 0 Å². The van der Waals surface area contributed by atoms with Gasteiger partial charge in [0.2, 0.25) is 0 Å². The Labute approximate surface area is 87.3 Å². The van der Waals surface area contributed by atoms with Crippen LogP contribution in [0.25, 0.3) is 0 Å². The van der Waals surface area contributed by atoms with Gasteiger partial charge in [-0.2, -0.15) is 0 Å². The predicted octanol–water partition coefficient (Wildman–Crippen LogP) is 1.71. The van der Waals surface area contributed by atoms with Gasteiger partial charge >= 0.3 is 0 Å². The highest BCUT2D eigenvalue weighted by Crippen LogP contribution is 2.33. The standard InChI is InChI=1S/C12H22N2/c1-10-6-8-13-7-2-3-12(13)9-14(10)11-4-5-11/h10-12H,2-9H2,1H3. The Morgan fingerprint density at radius 1 is 0.929 bits per heavy atom. The van der Waals surface area contributed by atoms with Crippen LogP contribution in [-0.2, 0) is 0 Å². The first-order chi connectivity index (χ1) is 6.84. The van der Waals surface area contributed by atoms with E-state index in [4.69, 9.17) is 0 Å². The monoisotopic (exact) mass is 194 g/mol. The predicted molar refractivity (Wildman–Crippen MR) is 58.4 cm³/mol. The van der Waals surface area contributed by atoms with Crippen molar-refractivity contribution in [3.05, 3.63) is 0 Å². The zero-order valence-corrected chi connectivity index (χ0v) is 9.28. The Morgan fingerprint density at radius 3 is 2.57 bits per heavy atom. The van der Waals surface area contributed by atoms with Crippen molar-refractivity contribution in [2.75, 3.05) is 19.6 Å². The molecule has 3 rings (SSSR count). The van der Waals surface area contributed by atoms with Gasteiger partial charge < -0.3 is 0 Å². The summed E-state index contributed by atoms with van der Waals surface area (Å²) in [5, 5.41) is 0. The molecule has 2 aliphatic heterocycles. The topological polar surface area (TPSA) is 6.48 Å². The van der Waals surface area contributed by atoms with Crippen molar-refractivity contribution in [1.29, 1.82) is 0 Å². The molecule has 2 saturated heterocycles. The third-order valence-electron chi connectivity index (χ3n) is 4.34. The minimum atomic E-state index is 0.841. The average Bonchev–Trinajstić information content (AvgIpc) is 2.94. The van der Waals surface area contributed by atoms with Crippen LogP contribution in [0, 0.1) is 0 Å². The summed E-state index contributed by atoms with van der Waals surface area (Å²) < 4.78 is 0. The highest BCUT2D eigenvalue weighted by molar-refractivity contribution is 4.94. The molecule has 2 heterocycles. The van der Waals surface area contributed by atoms with Crippen molar-refractivity contribution in [3.63, 3.8) is 0 Å². The van der Waals surface area contributed by atoms with E-state index in [0.29, 0.717) is 0 Å². The van der Waals surface area contributed by atoms with Crippen LogP contribution in [0.2, 0.25) is 0 Å². The third-order valence-corrected chi connectivity index (χ3v) is 4.34. The molecule has 0 spiro atoms. The fourth-order valence-electron chi connectivity index (χ4n) is 3.25. The van der Waals surface area contributed by atoms with Gasteiger partial charge in [-0.1, -0.05) is 0 Å². The van der Waals surface area contributed by atoms with E-state index in [0.717, 1.165) is 18.1 Å². The molecule has 0 bridgehead atoms. The molecule has 3 fully saturated rings. The summed E-state index contributed by atoms with van der Waals surface area (Å²) in [6, 6.07) is 2.71. The quantitative estimate of drug-likeness (QED) is 0.627. The molecule has 80 valence electrons. The second-order valence-electron chi connectivity index (χ2n) is 5.40. The van der Waals surface area contributed by atoms with Crippen LogP contribution in [0.1, 0.15) is 39.0 Å². The molecule has 2 heteroatoms. The number of nitrogens with zero attached hydrogens (tertiary/aromatic N) is 2. The summed E-state index contributed by atoms with van der Waals surface area (Å²) >= 11 is 0. The fourth-order valence-corrected chi connectivity index (χ4v) is 3.25. The molecule has 14 heavy (non-hydrogen) atoms. The molecule has 2 atom stereocenters. The minimum absolute atomic E-state index is 0.841. The lowest BCUT2D eigenvalue weighted by atomic mass is 10.2. The van der Waals surface area contributed by atoms with Gasteiger partial charge in [0.25, 0.3) is 0 Å². The van der Waals surface area contributed by atoms with Crippen LogP contribution in [-0.4, -0.2) is 47.6 Å². The first kappa shape index (κ1) is 9.17. The molecular formula is C12H22N2. The van der Waals surface area contributed by atoms with Gasteiger partial charge in [0.1, 0.15) is 0 Å². The van der Waals surface area contributed by atoms with E-state index in [1.54, 1.807) is 0 Å². The first-order valence-electron chi connectivity index (χ1n) is 6.34. The lowest BCUT2D eigenvalue weighted by Crippen LogP contribution is -2.40. The first-order valence-corrected chi connectivity index (χ1v) is 6.34. The lowest BCUT2D eigenvalue weighted by Gasteiger charge is -2.29. The van der Waals surface area contributed by atoms with E-state index in [1.165, 1.54) is 51.7 Å². The summed E-state index contributed by atoms with van der Waals surface area (Å²) in [5.41, 5.74) is 0. The summed E-state index contributed by atoms with van der Waals surface area (Å²) in [6.45, 7) is 6.53. The molecule has 0 aromatic rings. The Bertz CT molecular complexity index is 212. The van der Waals surface area contributed by atoms with Gasteiger partial charge in [-0.25, -0.2) is 0 Å². The lowest BCUT2D eigenvalue weighted by molar-refractivity contribution is 0.180. The van der Waals surface area contributed by atoms with Crippen LogP contribution < -0.4 is 0 Å².